The number of carboxylic acid groups (broad SMARTS) is 1. The Hall–Kier alpha value is -1.75. The van der Waals surface area contributed by atoms with Crippen molar-refractivity contribution in [3.05, 3.63) is 23.8 Å². The second kappa shape index (κ2) is 6.10. The number of rotatable bonds is 6. The number of nitrogen functional groups attached to an aromatic ring is 1. The van der Waals surface area contributed by atoms with Gasteiger partial charge in [-0.05, 0) is 24.1 Å². The van der Waals surface area contributed by atoms with Gasteiger partial charge in [0, 0.05) is 19.3 Å². The number of nitrogens with two attached hydrogens (primary N) is 1. The molecule has 17 heavy (non-hydrogen) atoms. The lowest BCUT2D eigenvalue weighted by Crippen LogP contribution is -2.17. The summed E-state index contributed by atoms with van der Waals surface area (Å²) in [5, 5.41) is 12.1. The van der Waals surface area contributed by atoms with Crippen molar-refractivity contribution in [2.45, 2.75) is 6.92 Å². The van der Waals surface area contributed by atoms with E-state index in [2.05, 4.69) is 5.32 Å². The van der Waals surface area contributed by atoms with Crippen molar-refractivity contribution >= 4 is 17.3 Å². The minimum atomic E-state index is -0.966. The summed E-state index contributed by atoms with van der Waals surface area (Å²) >= 11 is 0. The molecule has 0 aliphatic carbocycles. The van der Waals surface area contributed by atoms with Gasteiger partial charge in [0.25, 0.3) is 0 Å². The van der Waals surface area contributed by atoms with Crippen LogP contribution in [0.1, 0.15) is 17.3 Å². The lowest BCUT2D eigenvalue weighted by Gasteiger charge is -2.14. The molecule has 0 saturated heterocycles. The molecule has 4 N–H and O–H groups in total. The lowest BCUT2D eigenvalue weighted by molar-refractivity contribution is 0.0698. The summed E-state index contributed by atoms with van der Waals surface area (Å²) in [5.41, 5.74) is 6.94. The molecule has 1 aromatic carbocycles. The number of methoxy groups -OCH3 is 1. The minimum absolute atomic E-state index is 0.226. The molecule has 0 spiro atoms. The van der Waals surface area contributed by atoms with E-state index in [1.807, 2.05) is 6.92 Å². The third-order valence-corrected chi connectivity index (χ3v) is 2.37. The molecule has 1 atom stereocenters. The van der Waals surface area contributed by atoms with Crippen LogP contribution in [0.5, 0.6) is 0 Å². The van der Waals surface area contributed by atoms with Gasteiger partial charge in [-0.2, -0.15) is 0 Å². The summed E-state index contributed by atoms with van der Waals surface area (Å²) < 4.78 is 5.01. The normalized spacial score (nSPS) is 12.1. The van der Waals surface area contributed by atoms with Crippen LogP contribution < -0.4 is 11.1 Å². The van der Waals surface area contributed by atoms with Crippen molar-refractivity contribution in [3.63, 3.8) is 0 Å². The summed E-state index contributed by atoms with van der Waals surface area (Å²) in [6.07, 6.45) is 0. The van der Waals surface area contributed by atoms with Gasteiger partial charge in [-0.25, -0.2) is 4.79 Å². The summed E-state index contributed by atoms with van der Waals surface area (Å²) in [5.74, 6) is -0.671. The van der Waals surface area contributed by atoms with Crippen molar-refractivity contribution in [2.24, 2.45) is 5.92 Å². The molecule has 0 aliphatic heterocycles. The number of nitrogens with one attached hydrogen (secondary N) is 1. The molecule has 0 saturated carbocycles. The van der Waals surface area contributed by atoms with Gasteiger partial charge in [0.2, 0.25) is 0 Å². The average molecular weight is 238 g/mol. The van der Waals surface area contributed by atoms with E-state index in [1.165, 1.54) is 6.07 Å². The Morgan fingerprint density at radius 2 is 2.29 bits per heavy atom. The van der Waals surface area contributed by atoms with Gasteiger partial charge >= 0.3 is 5.97 Å². The molecule has 0 radical (unpaired) electrons. The van der Waals surface area contributed by atoms with Crippen LogP contribution in [0.2, 0.25) is 0 Å². The highest BCUT2D eigenvalue weighted by Crippen LogP contribution is 2.19. The number of ether oxygens (including phenoxy) is 1. The first-order valence-electron chi connectivity index (χ1n) is 5.40. The molecule has 0 aromatic heterocycles. The first-order chi connectivity index (χ1) is 8.04. The van der Waals surface area contributed by atoms with E-state index in [0.29, 0.717) is 30.4 Å². The Kier molecular flexibility index (Phi) is 4.78. The fourth-order valence-electron chi connectivity index (χ4n) is 1.52. The minimum Gasteiger partial charge on any atom is -0.478 e. The summed E-state index contributed by atoms with van der Waals surface area (Å²) in [6, 6.07) is 4.71. The quantitative estimate of drug-likeness (QED) is 0.656. The SMILES string of the molecule is COCC(C)CNc1cc(N)ccc1C(=O)O. The third-order valence-electron chi connectivity index (χ3n) is 2.37. The summed E-state index contributed by atoms with van der Waals surface area (Å²) in [4.78, 5) is 11.0. The average Bonchev–Trinajstić information content (AvgIpc) is 2.26. The fourth-order valence-corrected chi connectivity index (χ4v) is 1.52. The Balaban J connectivity index is 2.75. The Morgan fingerprint density at radius 1 is 1.59 bits per heavy atom. The second-order valence-corrected chi connectivity index (χ2v) is 4.05. The molecular formula is C12H18N2O3. The van der Waals surface area contributed by atoms with Gasteiger partial charge in [-0.15, -0.1) is 0 Å². The largest absolute Gasteiger partial charge is 0.478 e. The van der Waals surface area contributed by atoms with Crippen LogP contribution in [0.15, 0.2) is 18.2 Å². The van der Waals surface area contributed by atoms with Crippen LogP contribution in [0.4, 0.5) is 11.4 Å². The maximum absolute atomic E-state index is 11.0. The van der Waals surface area contributed by atoms with Gasteiger partial charge in [-0.3, -0.25) is 0 Å². The van der Waals surface area contributed by atoms with Crippen molar-refractivity contribution < 1.29 is 14.6 Å². The van der Waals surface area contributed by atoms with E-state index >= 15 is 0 Å². The number of hydrogen-bond donors (Lipinski definition) is 3. The van der Waals surface area contributed by atoms with E-state index in [-0.39, 0.29) is 5.56 Å². The van der Waals surface area contributed by atoms with E-state index in [0.717, 1.165) is 0 Å². The number of aromatic carboxylic acids is 1. The number of hydrogen-bond acceptors (Lipinski definition) is 4. The molecule has 5 nitrogen and oxygen atoms in total. The zero-order valence-electron chi connectivity index (χ0n) is 10.1. The predicted octanol–water partition coefficient (Wildman–Crippen LogP) is 1.66. The Labute approximate surface area is 101 Å². The molecule has 1 aromatic rings. The van der Waals surface area contributed by atoms with Crippen LogP contribution in [0.25, 0.3) is 0 Å². The van der Waals surface area contributed by atoms with Gasteiger partial charge in [0.05, 0.1) is 17.9 Å². The van der Waals surface area contributed by atoms with Gasteiger partial charge in [-0.1, -0.05) is 6.92 Å². The fraction of sp³-hybridized carbons (Fsp3) is 0.417. The standard InChI is InChI=1S/C12H18N2O3/c1-8(7-17-2)6-14-11-5-9(13)3-4-10(11)12(15)16/h3-5,8,14H,6-7,13H2,1-2H3,(H,15,16). The van der Waals surface area contributed by atoms with Crippen LogP contribution in [-0.4, -0.2) is 31.3 Å². The van der Waals surface area contributed by atoms with Crippen molar-refractivity contribution in [1.29, 1.82) is 0 Å². The maximum Gasteiger partial charge on any atom is 0.337 e. The zero-order valence-corrected chi connectivity index (χ0v) is 10.1. The Morgan fingerprint density at radius 3 is 2.88 bits per heavy atom. The molecule has 94 valence electrons. The van der Waals surface area contributed by atoms with Gasteiger partial charge < -0.3 is 20.9 Å². The first kappa shape index (κ1) is 13.3. The van der Waals surface area contributed by atoms with E-state index in [4.69, 9.17) is 15.6 Å². The molecule has 0 bridgehead atoms. The monoisotopic (exact) mass is 238 g/mol. The molecule has 0 heterocycles. The maximum atomic E-state index is 11.0. The summed E-state index contributed by atoms with van der Waals surface area (Å²) in [6.45, 7) is 3.28. The molecule has 0 fully saturated rings. The Bertz CT molecular complexity index is 393. The highest BCUT2D eigenvalue weighted by molar-refractivity contribution is 5.95. The van der Waals surface area contributed by atoms with Crippen LogP contribution >= 0.6 is 0 Å². The lowest BCUT2D eigenvalue weighted by atomic mass is 10.1. The predicted molar refractivity (Wildman–Crippen MR) is 67.3 cm³/mol. The molecule has 0 aliphatic rings. The number of benzene rings is 1. The zero-order chi connectivity index (χ0) is 12.8. The highest BCUT2D eigenvalue weighted by atomic mass is 16.5. The van der Waals surface area contributed by atoms with E-state index < -0.39 is 5.97 Å². The smallest absolute Gasteiger partial charge is 0.337 e. The third kappa shape index (κ3) is 3.96. The van der Waals surface area contributed by atoms with Crippen LogP contribution in [0.3, 0.4) is 0 Å². The highest BCUT2D eigenvalue weighted by Gasteiger charge is 2.10. The van der Waals surface area contributed by atoms with Crippen molar-refractivity contribution in [1.82, 2.24) is 0 Å². The van der Waals surface area contributed by atoms with Crippen LogP contribution in [0, 0.1) is 5.92 Å². The second-order valence-electron chi connectivity index (χ2n) is 4.05. The summed E-state index contributed by atoms with van der Waals surface area (Å²) in [7, 11) is 1.64. The van der Waals surface area contributed by atoms with E-state index in [1.54, 1.807) is 19.2 Å². The van der Waals surface area contributed by atoms with Crippen LogP contribution in [-0.2, 0) is 4.74 Å². The first-order valence-corrected chi connectivity index (χ1v) is 5.40. The molecular weight excluding hydrogens is 220 g/mol. The van der Waals surface area contributed by atoms with Gasteiger partial charge in [0.1, 0.15) is 0 Å². The van der Waals surface area contributed by atoms with Gasteiger partial charge in [0.15, 0.2) is 0 Å². The van der Waals surface area contributed by atoms with Crippen molar-refractivity contribution in [3.8, 4) is 0 Å². The number of carbonyl (C=O) groups is 1. The molecule has 1 rings (SSSR count). The molecule has 1 unspecified atom stereocenters. The number of anilines is 2. The van der Waals surface area contributed by atoms with Crippen molar-refractivity contribution in [2.75, 3.05) is 31.3 Å². The number of carboxylic acids is 1. The topological polar surface area (TPSA) is 84.6 Å². The van der Waals surface area contributed by atoms with E-state index in [9.17, 15) is 4.79 Å². The molecule has 5 heteroatoms. The molecule has 0 amide bonds.